The van der Waals surface area contributed by atoms with Crippen molar-refractivity contribution < 1.29 is 0 Å². The summed E-state index contributed by atoms with van der Waals surface area (Å²) in [6.45, 7) is 4.38. The molecule has 1 aliphatic rings. The van der Waals surface area contributed by atoms with Gasteiger partial charge in [-0.3, -0.25) is 18.9 Å². The molecule has 7 nitrogen and oxygen atoms in total. The fourth-order valence-corrected chi connectivity index (χ4v) is 3.98. The predicted molar refractivity (Wildman–Crippen MR) is 107 cm³/mol. The van der Waals surface area contributed by atoms with Crippen molar-refractivity contribution in [2.45, 2.75) is 26.3 Å². The van der Waals surface area contributed by atoms with Crippen molar-refractivity contribution in [3.05, 3.63) is 55.7 Å². The number of imidazole rings is 1. The Hall–Kier alpha value is -2.54. The van der Waals surface area contributed by atoms with Crippen LogP contribution in [0.1, 0.15) is 25.3 Å². The maximum Gasteiger partial charge on any atom is 0.329 e. The van der Waals surface area contributed by atoms with Gasteiger partial charge in [-0.2, -0.15) is 4.98 Å². The number of hydrogen-bond donors (Lipinski definition) is 1. The molecule has 0 spiro atoms. The quantitative estimate of drug-likeness (QED) is 0.748. The van der Waals surface area contributed by atoms with Crippen LogP contribution in [0.25, 0.3) is 11.2 Å². The van der Waals surface area contributed by atoms with Gasteiger partial charge in [0.1, 0.15) is 0 Å². The highest BCUT2D eigenvalue weighted by Crippen LogP contribution is 2.27. The van der Waals surface area contributed by atoms with Crippen LogP contribution in [0.15, 0.2) is 33.9 Å². The number of halogens is 1. The first kappa shape index (κ1) is 17.9. The lowest BCUT2D eigenvalue weighted by molar-refractivity contribution is 0.439. The minimum atomic E-state index is -0.464. The second-order valence-corrected chi connectivity index (χ2v) is 7.68. The molecule has 4 rings (SSSR count). The summed E-state index contributed by atoms with van der Waals surface area (Å²) in [5.74, 6) is 1.26. The molecule has 0 aliphatic carbocycles. The molecule has 1 N–H and O–H groups in total. The molecule has 0 saturated carbocycles. The van der Waals surface area contributed by atoms with E-state index in [1.54, 1.807) is 7.05 Å². The number of H-pyrrole nitrogens is 1. The van der Waals surface area contributed by atoms with Crippen molar-refractivity contribution in [3.8, 4) is 0 Å². The van der Waals surface area contributed by atoms with E-state index in [0.29, 0.717) is 34.6 Å². The van der Waals surface area contributed by atoms with E-state index in [1.807, 2.05) is 28.8 Å². The first-order valence-corrected chi connectivity index (χ1v) is 9.51. The number of rotatable bonds is 3. The summed E-state index contributed by atoms with van der Waals surface area (Å²) in [6.07, 6.45) is 2.26. The summed E-state index contributed by atoms with van der Waals surface area (Å²) in [5, 5.41) is 0.638. The van der Waals surface area contributed by atoms with Gasteiger partial charge in [0.15, 0.2) is 11.2 Å². The van der Waals surface area contributed by atoms with E-state index in [1.165, 1.54) is 11.0 Å². The second-order valence-electron chi connectivity index (χ2n) is 7.27. The number of hydrogen-bond acceptors (Lipinski definition) is 4. The molecule has 27 heavy (non-hydrogen) atoms. The number of piperidine rings is 1. The number of aromatic amines is 1. The second kappa shape index (κ2) is 6.88. The maximum absolute atomic E-state index is 12.6. The Morgan fingerprint density at radius 1 is 1.30 bits per heavy atom. The molecular formula is C19H22ClN5O2. The Balaban J connectivity index is 1.94. The van der Waals surface area contributed by atoms with Crippen molar-refractivity contribution in [2.24, 2.45) is 13.0 Å². The number of fused-ring (bicyclic) bond motifs is 1. The van der Waals surface area contributed by atoms with Crippen molar-refractivity contribution in [1.82, 2.24) is 19.1 Å². The van der Waals surface area contributed by atoms with Crippen LogP contribution in [0, 0.1) is 5.92 Å². The van der Waals surface area contributed by atoms with Gasteiger partial charge in [0.25, 0.3) is 5.56 Å². The SMILES string of the molecule is C[C@@H]1CCCN(c2nc3c(c(=O)[nH]c(=O)n3C)n2Cc2ccccc2Cl)C1. The van der Waals surface area contributed by atoms with Crippen molar-refractivity contribution in [3.63, 3.8) is 0 Å². The summed E-state index contributed by atoms with van der Waals surface area (Å²) >= 11 is 6.36. The largest absolute Gasteiger partial charge is 0.342 e. The monoisotopic (exact) mass is 387 g/mol. The van der Waals surface area contributed by atoms with Gasteiger partial charge in [-0.1, -0.05) is 36.7 Å². The van der Waals surface area contributed by atoms with Crippen LogP contribution in [-0.2, 0) is 13.6 Å². The van der Waals surface area contributed by atoms with Gasteiger partial charge >= 0.3 is 5.69 Å². The first-order valence-electron chi connectivity index (χ1n) is 9.13. The highest BCUT2D eigenvalue weighted by Gasteiger charge is 2.25. The number of anilines is 1. The third kappa shape index (κ3) is 3.16. The topological polar surface area (TPSA) is 75.9 Å². The number of nitrogens with one attached hydrogen (secondary N) is 1. The van der Waals surface area contributed by atoms with E-state index in [0.717, 1.165) is 25.1 Å². The molecule has 1 saturated heterocycles. The third-order valence-corrected chi connectivity index (χ3v) is 5.58. The maximum atomic E-state index is 12.6. The van der Waals surface area contributed by atoms with E-state index in [4.69, 9.17) is 16.6 Å². The van der Waals surface area contributed by atoms with Crippen LogP contribution in [0.5, 0.6) is 0 Å². The van der Waals surface area contributed by atoms with Gasteiger partial charge in [0, 0.05) is 25.2 Å². The van der Waals surface area contributed by atoms with Gasteiger partial charge < -0.3 is 4.90 Å². The Labute approximate surface area is 161 Å². The first-order chi connectivity index (χ1) is 13.0. The van der Waals surface area contributed by atoms with Gasteiger partial charge in [0.05, 0.1) is 6.54 Å². The number of aryl methyl sites for hydroxylation is 1. The number of aromatic nitrogens is 4. The van der Waals surface area contributed by atoms with Gasteiger partial charge in [-0.05, 0) is 30.4 Å². The molecule has 142 valence electrons. The molecule has 0 amide bonds. The van der Waals surface area contributed by atoms with Crippen LogP contribution >= 0.6 is 11.6 Å². The standard InChI is InChI=1S/C19H22ClN5O2/c1-12-6-5-9-24(10-12)18-21-16-15(17(26)22-19(27)23(16)2)25(18)11-13-7-3-4-8-14(13)20/h3-4,7-8,12H,5-6,9-11H2,1-2H3,(H,22,26,27)/t12-/m1/s1. The lowest BCUT2D eigenvalue weighted by Gasteiger charge is -2.32. The Morgan fingerprint density at radius 3 is 2.81 bits per heavy atom. The van der Waals surface area contributed by atoms with E-state index in [-0.39, 0.29) is 0 Å². The summed E-state index contributed by atoms with van der Waals surface area (Å²) < 4.78 is 3.27. The zero-order chi connectivity index (χ0) is 19.1. The van der Waals surface area contributed by atoms with Crippen LogP contribution in [0.3, 0.4) is 0 Å². The number of nitrogens with zero attached hydrogens (tertiary/aromatic N) is 4. The minimum Gasteiger partial charge on any atom is -0.342 e. The molecule has 1 aromatic carbocycles. The highest BCUT2D eigenvalue weighted by atomic mass is 35.5. The van der Waals surface area contributed by atoms with Crippen molar-refractivity contribution in [2.75, 3.05) is 18.0 Å². The minimum absolute atomic E-state index is 0.393. The summed E-state index contributed by atoms with van der Waals surface area (Å²) in [7, 11) is 1.62. The van der Waals surface area contributed by atoms with E-state index >= 15 is 0 Å². The smallest absolute Gasteiger partial charge is 0.329 e. The molecule has 8 heteroatoms. The van der Waals surface area contributed by atoms with Gasteiger partial charge in [-0.15, -0.1) is 0 Å². The molecule has 1 atom stereocenters. The van der Waals surface area contributed by atoms with Crippen molar-refractivity contribution >= 4 is 28.7 Å². The molecule has 3 aromatic rings. The lowest BCUT2D eigenvalue weighted by Crippen LogP contribution is -2.36. The van der Waals surface area contributed by atoms with E-state index < -0.39 is 11.2 Å². The molecule has 0 unspecified atom stereocenters. The lowest BCUT2D eigenvalue weighted by atomic mass is 10.0. The summed E-state index contributed by atoms with van der Waals surface area (Å²) in [4.78, 5) is 34.0. The summed E-state index contributed by atoms with van der Waals surface area (Å²) in [5.41, 5.74) is 0.796. The van der Waals surface area contributed by atoms with E-state index in [2.05, 4.69) is 16.8 Å². The zero-order valence-corrected chi connectivity index (χ0v) is 16.2. The number of benzene rings is 1. The fourth-order valence-electron chi connectivity index (χ4n) is 3.78. The van der Waals surface area contributed by atoms with Crippen LogP contribution in [0.4, 0.5) is 5.95 Å². The molecule has 3 heterocycles. The molecule has 1 fully saturated rings. The van der Waals surface area contributed by atoms with Crippen molar-refractivity contribution in [1.29, 1.82) is 0 Å². The average Bonchev–Trinajstić information content (AvgIpc) is 3.02. The van der Waals surface area contributed by atoms with E-state index in [9.17, 15) is 9.59 Å². The fraction of sp³-hybridized carbons (Fsp3) is 0.421. The average molecular weight is 388 g/mol. The zero-order valence-electron chi connectivity index (χ0n) is 15.4. The van der Waals surface area contributed by atoms with Gasteiger partial charge in [0.2, 0.25) is 5.95 Å². The molecular weight excluding hydrogens is 366 g/mol. The highest BCUT2D eigenvalue weighted by molar-refractivity contribution is 6.31. The Morgan fingerprint density at radius 2 is 2.07 bits per heavy atom. The van der Waals surface area contributed by atoms with Gasteiger partial charge in [-0.25, -0.2) is 4.79 Å². The third-order valence-electron chi connectivity index (χ3n) is 5.21. The molecule has 1 aliphatic heterocycles. The molecule has 2 aromatic heterocycles. The van der Waals surface area contributed by atoms with Crippen LogP contribution < -0.4 is 16.1 Å². The molecule has 0 bridgehead atoms. The van der Waals surface area contributed by atoms with Crippen LogP contribution in [0.2, 0.25) is 5.02 Å². The predicted octanol–water partition coefficient (Wildman–Crippen LogP) is 2.36. The normalized spacial score (nSPS) is 17.6. The molecule has 0 radical (unpaired) electrons. The van der Waals surface area contributed by atoms with Crippen LogP contribution in [-0.4, -0.2) is 32.2 Å². The summed E-state index contributed by atoms with van der Waals surface area (Å²) in [6, 6.07) is 7.57. The Kier molecular flexibility index (Phi) is 4.55. The Bertz CT molecular complexity index is 1110.